The van der Waals surface area contributed by atoms with Crippen molar-refractivity contribution < 1.29 is 14.6 Å². The van der Waals surface area contributed by atoms with Gasteiger partial charge in [-0.25, -0.2) is 14.4 Å². The van der Waals surface area contributed by atoms with E-state index in [-0.39, 0.29) is 11.6 Å². The maximum atomic E-state index is 13.9. The first-order valence-corrected chi connectivity index (χ1v) is 10.8. The van der Waals surface area contributed by atoms with Crippen LogP contribution in [0.5, 0.6) is 0 Å². The summed E-state index contributed by atoms with van der Waals surface area (Å²) in [4.78, 5) is 10.4. The van der Waals surface area contributed by atoms with E-state index in [9.17, 15) is 14.6 Å². The van der Waals surface area contributed by atoms with E-state index in [1.165, 1.54) is 17.0 Å². The highest BCUT2D eigenvalue weighted by atomic mass is 35.5. The summed E-state index contributed by atoms with van der Waals surface area (Å²) in [7, 11) is 1.84. The van der Waals surface area contributed by atoms with Crippen LogP contribution in [0.2, 0.25) is 5.02 Å². The molecule has 0 saturated carbocycles. The number of aromatic nitrogens is 4. The molecule has 1 unspecified atom stereocenters. The Morgan fingerprint density at radius 1 is 1.27 bits per heavy atom. The fourth-order valence-corrected chi connectivity index (χ4v) is 3.74. The van der Waals surface area contributed by atoms with Crippen LogP contribution in [-0.2, 0) is 13.5 Å². The SMILES string of the molecule is CCc1cc(Nc2nccc(C3=CC(O)N([C@H](CO)c4ccc(Cl)c(F)c4)C=C3)n2)n(C)n1. The minimum absolute atomic E-state index is 0.00225. The number of nitrogens with zero attached hydrogens (tertiary/aromatic N) is 5. The number of anilines is 2. The van der Waals surface area contributed by atoms with Crippen LogP contribution in [0, 0.1) is 5.82 Å². The molecule has 0 bridgehead atoms. The quantitative estimate of drug-likeness (QED) is 0.485. The molecular formula is C23H24ClFN6O2. The maximum absolute atomic E-state index is 13.9. The molecule has 0 radical (unpaired) electrons. The van der Waals surface area contributed by atoms with Gasteiger partial charge in [0.2, 0.25) is 5.95 Å². The summed E-state index contributed by atoms with van der Waals surface area (Å²) in [6.45, 7) is 1.71. The molecule has 0 spiro atoms. The first-order valence-electron chi connectivity index (χ1n) is 10.4. The van der Waals surface area contributed by atoms with Crippen molar-refractivity contribution in [3.63, 3.8) is 0 Å². The molecule has 0 fully saturated rings. The summed E-state index contributed by atoms with van der Waals surface area (Å²) in [5.74, 6) is 0.582. The molecule has 8 nitrogen and oxygen atoms in total. The van der Waals surface area contributed by atoms with Crippen molar-refractivity contribution in [3.8, 4) is 0 Å². The van der Waals surface area contributed by atoms with E-state index in [4.69, 9.17) is 11.6 Å². The lowest BCUT2D eigenvalue weighted by Gasteiger charge is -2.35. The minimum Gasteiger partial charge on any atom is -0.394 e. The number of allylic oxidation sites excluding steroid dienone is 2. The number of hydrogen-bond donors (Lipinski definition) is 3. The molecule has 0 aliphatic carbocycles. The van der Waals surface area contributed by atoms with Gasteiger partial charge in [-0.1, -0.05) is 24.6 Å². The highest BCUT2D eigenvalue weighted by Crippen LogP contribution is 2.30. The van der Waals surface area contributed by atoms with Crippen LogP contribution < -0.4 is 5.32 Å². The van der Waals surface area contributed by atoms with Crippen LogP contribution >= 0.6 is 11.6 Å². The molecule has 3 N–H and O–H groups in total. The fourth-order valence-electron chi connectivity index (χ4n) is 3.62. The van der Waals surface area contributed by atoms with E-state index in [0.29, 0.717) is 22.8 Å². The molecule has 3 heterocycles. The van der Waals surface area contributed by atoms with Crippen molar-refractivity contribution in [2.24, 2.45) is 7.05 Å². The molecule has 2 atom stereocenters. The fraction of sp³-hybridized carbons (Fsp3) is 0.261. The minimum atomic E-state index is -1.06. The van der Waals surface area contributed by atoms with E-state index in [1.54, 1.807) is 41.4 Å². The first kappa shape index (κ1) is 22.9. The van der Waals surface area contributed by atoms with Gasteiger partial charge in [0, 0.05) is 31.1 Å². The third kappa shape index (κ3) is 4.90. The highest BCUT2D eigenvalue weighted by molar-refractivity contribution is 6.30. The number of nitrogens with one attached hydrogen (secondary N) is 1. The molecule has 3 aromatic rings. The average molecular weight is 471 g/mol. The zero-order chi connectivity index (χ0) is 23.5. The second kappa shape index (κ2) is 9.70. The molecule has 172 valence electrons. The summed E-state index contributed by atoms with van der Waals surface area (Å²) >= 11 is 5.76. The van der Waals surface area contributed by atoms with Crippen LogP contribution in [0.3, 0.4) is 0 Å². The zero-order valence-electron chi connectivity index (χ0n) is 18.2. The Bertz CT molecular complexity index is 1210. The van der Waals surface area contributed by atoms with Gasteiger partial charge >= 0.3 is 0 Å². The predicted octanol–water partition coefficient (Wildman–Crippen LogP) is 3.57. The van der Waals surface area contributed by atoms with Gasteiger partial charge in [0.1, 0.15) is 17.9 Å². The Balaban J connectivity index is 1.54. The number of benzene rings is 1. The summed E-state index contributed by atoms with van der Waals surface area (Å²) in [6, 6.07) is 7.33. The van der Waals surface area contributed by atoms with Crippen LogP contribution in [-0.4, -0.2) is 47.7 Å². The van der Waals surface area contributed by atoms with E-state index in [0.717, 1.165) is 17.9 Å². The van der Waals surface area contributed by atoms with Gasteiger partial charge in [0.05, 0.1) is 29.1 Å². The second-order valence-electron chi connectivity index (χ2n) is 7.56. The Morgan fingerprint density at radius 2 is 2.09 bits per heavy atom. The lowest BCUT2D eigenvalue weighted by Crippen LogP contribution is -2.36. The molecule has 0 amide bonds. The third-order valence-electron chi connectivity index (χ3n) is 5.41. The van der Waals surface area contributed by atoms with Gasteiger partial charge in [-0.3, -0.25) is 4.68 Å². The number of halogens is 2. The van der Waals surface area contributed by atoms with Crippen LogP contribution in [0.4, 0.5) is 16.2 Å². The summed E-state index contributed by atoms with van der Waals surface area (Å²) < 4.78 is 15.6. The van der Waals surface area contributed by atoms with Crippen molar-refractivity contribution in [3.05, 3.63) is 82.7 Å². The Morgan fingerprint density at radius 3 is 2.76 bits per heavy atom. The highest BCUT2D eigenvalue weighted by Gasteiger charge is 2.25. The smallest absolute Gasteiger partial charge is 0.228 e. The van der Waals surface area contributed by atoms with Crippen LogP contribution in [0.1, 0.15) is 29.9 Å². The molecule has 2 aromatic heterocycles. The number of rotatable bonds is 7. The average Bonchev–Trinajstić information content (AvgIpc) is 3.17. The molecule has 4 rings (SSSR count). The number of hydrogen-bond acceptors (Lipinski definition) is 7. The van der Waals surface area contributed by atoms with Gasteiger partial charge in [-0.15, -0.1) is 0 Å². The van der Waals surface area contributed by atoms with Crippen molar-refractivity contribution in [2.75, 3.05) is 11.9 Å². The van der Waals surface area contributed by atoms with Crippen molar-refractivity contribution in [2.45, 2.75) is 25.6 Å². The molecule has 10 heteroatoms. The standard InChI is InChI=1S/C23H24ClFN6O2/c1-3-16-12-21(30(2)29-16)28-23-26-8-6-19(27-23)14-7-9-31(22(33)11-14)20(13-32)15-4-5-17(24)18(25)10-15/h4-12,20,22,32-33H,3,13H2,1-2H3,(H,26,27,28)/t20-,22?/m1/s1. The summed E-state index contributed by atoms with van der Waals surface area (Å²) in [6.07, 6.45) is 6.42. The van der Waals surface area contributed by atoms with Crippen molar-refractivity contribution >= 4 is 28.9 Å². The number of aliphatic hydroxyl groups is 2. The Labute approximate surface area is 195 Å². The van der Waals surface area contributed by atoms with Crippen molar-refractivity contribution in [1.29, 1.82) is 0 Å². The van der Waals surface area contributed by atoms with Gasteiger partial charge in [0.25, 0.3) is 0 Å². The summed E-state index contributed by atoms with van der Waals surface area (Å²) in [5.41, 5.74) is 2.74. The topological polar surface area (TPSA) is 99.3 Å². The third-order valence-corrected chi connectivity index (χ3v) is 5.71. The maximum Gasteiger partial charge on any atom is 0.228 e. The molecule has 33 heavy (non-hydrogen) atoms. The summed E-state index contributed by atoms with van der Waals surface area (Å²) in [5, 5.41) is 28.2. The van der Waals surface area contributed by atoms with E-state index in [2.05, 4.69) is 20.4 Å². The van der Waals surface area contributed by atoms with Crippen LogP contribution in [0.15, 0.2) is 54.9 Å². The van der Waals surface area contributed by atoms with Gasteiger partial charge < -0.3 is 20.4 Å². The van der Waals surface area contributed by atoms with E-state index in [1.807, 2.05) is 20.0 Å². The largest absolute Gasteiger partial charge is 0.394 e. The monoisotopic (exact) mass is 470 g/mol. The first-order chi connectivity index (χ1) is 15.9. The van der Waals surface area contributed by atoms with Gasteiger partial charge in [-0.05, 0) is 42.3 Å². The van der Waals surface area contributed by atoms with Gasteiger partial charge in [0.15, 0.2) is 0 Å². The second-order valence-corrected chi connectivity index (χ2v) is 7.97. The van der Waals surface area contributed by atoms with Gasteiger partial charge in [-0.2, -0.15) is 5.10 Å². The zero-order valence-corrected chi connectivity index (χ0v) is 18.9. The predicted molar refractivity (Wildman–Crippen MR) is 124 cm³/mol. The lowest BCUT2D eigenvalue weighted by molar-refractivity contribution is 0.0254. The number of aliphatic hydroxyl groups excluding tert-OH is 2. The molecular weight excluding hydrogens is 447 g/mol. The van der Waals surface area contributed by atoms with E-state index >= 15 is 0 Å². The van der Waals surface area contributed by atoms with Crippen LogP contribution in [0.25, 0.3) is 5.57 Å². The molecule has 1 aliphatic rings. The van der Waals surface area contributed by atoms with Crippen molar-refractivity contribution in [1.82, 2.24) is 24.6 Å². The normalized spacial score (nSPS) is 16.6. The molecule has 1 aromatic carbocycles. The molecule has 1 aliphatic heterocycles. The Kier molecular flexibility index (Phi) is 6.73. The van der Waals surface area contributed by atoms with E-state index < -0.39 is 18.1 Å². The molecule has 0 saturated heterocycles. The number of aryl methyl sites for hydroxylation is 2. The Hall–Kier alpha value is -3.27. The lowest BCUT2D eigenvalue weighted by atomic mass is 10.0.